The third-order valence-corrected chi connectivity index (χ3v) is 3.29. The highest BCUT2D eigenvalue weighted by Gasteiger charge is 2.06. The molecule has 0 amide bonds. The summed E-state index contributed by atoms with van der Waals surface area (Å²) in [6.07, 6.45) is 10.5. The van der Waals surface area contributed by atoms with Crippen molar-refractivity contribution in [2.45, 2.75) is 45.6 Å². The zero-order valence-corrected chi connectivity index (χ0v) is 11.8. The van der Waals surface area contributed by atoms with E-state index in [9.17, 15) is 0 Å². The number of rotatable bonds is 7. The van der Waals surface area contributed by atoms with Gasteiger partial charge in [0, 0.05) is 29.8 Å². The van der Waals surface area contributed by atoms with Gasteiger partial charge in [-0.2, -0.15) is 0 Å². The smallest absolute Gasteiger partial charge is 0.0991 e. The van der Waals surface area contributed by atoms with E-state index in [0.717, 1.165) is 5.69 Å². The molecule has 1 N–H and O–H groups in total. The van der Waals surface area contributed by atoms with Gasteiger partial charge in [0.1, 0.15) is 0 Å². The lowest BCUT2D eigenvalue weighted by atomic mass is 10.1. The Morgan fingerprint density at radius 3 is 2.63 bits per heavy atom. The van der Waals surface area contributed by atoms with Crippen molar-refractivity contribution in [3.8, 4) is 5.69 Å². The molecule has 0 aliphatic rings. The average molecular weight is 257 g/mol. The van der Waals surface area contributed by atoms with E-state index >= 15 is 0 Å². The van der Waals surface area contributed by atoms with Gasteiger partial charge < -0.3 is 9.88 Å². The first kappa shape index (κ1) is 13.7. The third-order valence-electron chi connectivity index (χ3n) is 3.29. The van der Waals surface area contributed by atoms with Crippen molar-refractivity contribution in [3.05, 3.63) is 43.0 Å². The Labute approximate surface area is 115 Å². The standard InChI is InChI=1S/C16H23N3/c1-3-6-14(7-4-2)18-15-8-5-9-16(12-15)19-11-10-17-13-19/h5,8-14,18H,3-4,6-7H2,1-2H3. The van der Waals surface area contributed by atoms with E-state index in [0.29, 0.717) is 6.04 Å². The molecule has 2 aromatic rings. The number of aromatic nitrogens is 2. The van der Waals surface area contributed by atoms with Gasteiger partial charge in [-0.05, 0) is 31.0 Å². The monoisotopic (exact) mass is 257 g/mol. The number of hydrogen-bond acceptors (Lipinski definition) is 2. The normalized spacial score (nSPS) is 10.9. The Hall–Kier alpha value is -1.77. The van der Waals surface area contributed by atoms with Crippen LogP contribution in [-0.2, 0) is 0 Å². The molecule has 1 aromatic heterocycles. The molecule has 0 aliphatic heterocycles. The minimum Gasteiger partial charge on any atom is -0.382 e. The van der Waals surface area contributed by atoms with Crippen molar-refractivity contribution >= 4 is 5.69 Å². The van der Waals surface area contributed by atoms with Gasteiger partial charge in [-0.1, -0.05) is 32.8 Å². The summed E-state index contributed by atoms with van der Waals surface area (Å²) in [5, 5.41) is 3.65. The summed E-state index contributed by atoms with van der Waals surface area (Å²) in [7, 11) is 0. The highest BCUT2D eigenvalue weighted by molar-refractivity contribution is 5.51. The van der Waals surface area contributed by atoms with E-state index < -0.39 is 0 Å². The van der Waals surface area contributed by atoms with Gasteiger partial charge in [0.2, 0.25) is 0 Å². The molecule has 0 spiro atoms. The molecule has 19 heavy (non-hydrogen) atoms. The lowest BCUT2D eigenvalue weighted by molar-refractivity contribution is 0.586. The third kappa shape index (κ3) is 3.85. The SMILES string of the molecule is CCCC(CCC)Nc1cccc(-n2ccnc2)c1. The van der Waals surface area contributed by atoms with Crippen LogP contribution in [0.25, 0.3) is 5.69 Å². The second-order valence-electron chi connectivity index (χ2n) is 4.94. The van der Waals surface area contributed by atoms with Crippen LogP contribution in [0.4, 0.5) is 5.69 Å². The lowest BCUT2D eigenvalue weighted by Gasteiger charge is -2.19. The van der Waals surface area contributed by atoms with E-state index in [4.69, 9.17) is 0 Å². The first-order valence-corrected chi connectivity index (χ1v) is 7.18. The predicted molar refractivity (Wildman–Crippen MR) is 80.8 cm³/mol. The van der Waals surface area contributed by atoms with Crippen LogP contribution in [0.3, 0.4) is 0 Å². The van der Waals surface area contributed by atoms with Crippen LogP contribution in [0.5, 0.6) is 0 Å². The van der Waals surface area contributed by atoms with E-state index in [1.54, 1.807) is 6.20 Å². The molecule has 1 aromatic carbocycles. The fraction of sp³-hybridized carbons (Fsp3) is 0.438. The topological polar surface area (TPSA) is 29.9 Å². The van der Waals surface area contributed by atoms with Crippen LogP contribution in [0, 0.1) is 0 Å². The average Bonchev–Trinajstić information content (AvgIpc) is 2.93. The van der Waals surface area contributed by atoms with Crippen molar-refractivity contribution in [1.82, 2.24) is 9.55 Å². The number of anilines is 1. The van der Waals surface area contributed by atoms with Crippen molar-refractivity contribution < 1.29 is 0 Å². The predicted octanol–water partition coefficient (Wildman–Crippen LogP) is 4.25. The quantitative estimate of drug-likeness (QED) is 0.803. The molecular weight excluding hydrogens is 234 g/mol. The van der Waals surface area contributed by atoms with E-state index in [1.165, 1.54) is 31.4 Å². The fourth-order valence-electron chi connectivity index (χ4n) is 2.39. The maximum absolute atomic E-state index is 4.09. The van der Waals surface area contributed by atoms with Gasteiger partial charge in [-0.15, -0.1) is 0 Å². The molecule has 102 valence electrons. The zero-order valence-electron chi connectivity index (χ0n) is 11.8. The van der Waals surface area contributed by atoms with Crippen molar-refractivity contribution in [1.29, 1.82) is 0 Å². The Balaban J connectivity index is 2.10. The summed E-state index contributed by atoms with van der Waals surface area (Å²) < 4.78 is 2.03. The number of nitrogens with zero attached hydrogens (tertiary/aromatic N) is 2. The largest absolute Gasteiger partial charge is 0.382 e. The Morgan fingerprint density at radius 2 is 2.00 bits per heavy atom. The van der Waals surface area contributed by atoms with E-state index in [2.05, 4.69) is 48.4 Å². The number of imidazole rings is 1. The molecule has 0 bridgehead atoms. The molecule has 0 unspecified atom stereocenters. The summed E-state index contributed by atoms with van der Waals surface area (Å²) in [4.78, 5) is 4.09. The highest BCUT2D eigenvalue weighted by atomic mass is 15.0. The lowest BCUT2D eigenvalue weighted by Crippen LogP contribution is -2.18. The molecule has 0 fully saturated rings. The molecule has 0 radical (unpaired) electrons. The van der Waals surface area contributed by atoms with Gasteiger partial charge in [-0.25, -0.2) is 4.98 Å². The molecule has 3 nitrogen and oxygen atoms in total. The molecule has 1 heterocycles. The van der Waals surface area contributed by atoms with Crippen molar-refractivity contribution in [2.24, 2.45) is 0 Å². The Bertz CT molecular complexity index is 470. The molecule has 3 heteroatoms. The Kier molecular flexibility index (Phi) is 5.01. The molecule has 2 rings (SSSR count). The number of nitrogens with one attached hydrogen (secondary N) is 1. The molecule has 0 atom stereocenters. The van der Waals surface area contributed by atoms with Crippen LogP contribution >= 0.6 is 0 Å². The first-order chi connectivity index (χ1) is 9.33. The second kappa shape index (κ2) is 6.98. The molecule has 0 saturated carbocycles. The maximum Gasteiger partial charge on any atom is 0.0991 e. The molecule has 0 aliphatic carbocycles. The summed E-state index contributed by atoms with van der Waals surface area (Å²) in [5.74, 6) is 0. The summed E-state index contributed by atoms with van der Waals surface area (Å²) in [6.45, 7) is 4.48. The zero-order chi connectivity index (χ0) is 13.5. The van der Waals surface area contributed by atoms with Gasteiger partial charge in [-0.3, -0.25) is 0 Å². The molecule has 0 saturated heterocycles. The van der Waals surface area contributed by atoms with Gasteiger partial charge in [0.05, 0.1) is 6.33 Å². The van der Waals surface area contributed by atoms with Crippen LogP contribution < -0.4 is 5.32 Å². The minimum absolute atomic E-state index is 0.577. The minimum atomic E-state index is 0.577. The van der Waals surface area contributed by atoms with Crippen LogP contribution in [0.15, 0.2) is 43.0 Å². The van der Waals surface area contributed by atoms with Crippen LogP contribution in [0.2, 0.25) is 0 Å². The summed E-state index contributed by atoms with van der Waals surface area (Å²) >= 11 is 0. The van der Waals surface area contributed by atoms with Gasteiger partial charge in [0.15, 0.2) is 0 Å². The van der Waals surface area contributed by atoms with Crippen molar-refractivity contribution in [2.75, 3.05) is 5.32 Å². The van der Waals surface area contributed by atoms with Gasteiger partial charge >= 0.3 is 0 Å². The number of hydrogen-bond donors (Lipinski definition) is 1. The summed E-state index contributed by atoms with van der Waals surface area (Å²) in [5.41, 5.74) is 2.34. The highest BCUT2D eigenvalue weighted by Crippen LogP contribution is 2.18. The summed E-state index contributed by atoms with van der Waals surface area (Å²) in [6, 6.07) is 9.08. The van der Waals surface area contributed by atoms with Crippen LogP contribution in [-0.4, -0.2) is 15.6 Å². The van der Waals surface area contributed by atoms with Gasteiger partial charge in [0.25, 0.3) is 0 Å². The first-order valence-electron chi connectivity index (χ1n) is 7.18. The molecular formula is C16H23N3. The Morgan fingerprint density at radius 1 is 1.21 bits per heavy atom. The van der Waals surface area contributed by atoms with E-state index in [-0.39, 0.29) is 0 Å². The van der Waals surface area contributed by atoms with Crippen LogP contribution in [0.1, 0.15) is 39.5 Å². The second-order valence-corrected chi connectivity index (χ2v) is 4.94. The fourth-order valence-corrected chi connectivity index (χ4v) is 2.39. The maximum atomic E-state index is 4.09. The van der Waals surface area contributed by atoms with Crippen molar-refractivity contribution in [3.63, 3.8) is 0 Å². The number of benzene rings is 1. The van der Waals surface area contributed by atoms with E-state index in [1.807, 2.05) is 17.1 Å².